The zero-order valence-electron chi connectivity index (χ0n) is 17.2. The van der Waals surface area contributed by atoms with Crippen molar-refractivity contribution in [2.75, 3.05) is 51.4 Å². The Labute approximate surface area is 175 Å². The number of carbonyl (C=O) groups is 1. The molecular formula is C21H27N5O4. The molecule has 1 fully saturated rings. The molecule has 0 radical (unpaired) electrons. The second kappa shape index (κ2) is 9.27. The molecule has 0 saturated carbocycles. The van der Waals surface area contributed by atoms with Crippen LogP contribution in [0.15, 0.2) is 24.4 Å². The van der Waals surface area contributed by atoms with E-state index in [1.165, 1.54) is 0 Å². The average Bonchev–Trinajstić information content (AvgIpc) is 2.78. The van der Waals surface area contributed by atoms with E-state index < -0.39 is 5.91 Å². The fourth-order valence-electron chi connectivity index (χ4n) is 3.71. The minimum Gasteiger partial charge on any atom is -0.493 e. The van der Waals surface area contributed by atoms with Crippen LogP contribution < -0.4 is 20.1 Å². The van der Waals surface area contributed by atoms with Crippen molar-refractivity contribution in [1.29, 1.82) is 0 Å². The lowest BCUT2D eigenvalue weighted by molar-refractivity contribution is -0.119. The first-order valence-electron chi connectivity index (χ1n) is 10.1. The summed E-state index contributed by atoms with van der Waals surface area (Å²) in [6.45, 7) is 5.58. The van der Waals surface area contributed by atoms with Crippen LogP contribution >= 0.6 is 0 Å². The predicted molar refractivity (Wildman–Crippen MR) is 111 cm³/mol. The van der Waals surface area contributed by atoms with Crippen molar-refractivity contribution in [2.24, 2.45) is 5.73 Å². The molecule has 1 aromatic carbocycles. The van der Waals surface area contributed by atoms with E-state index in [0.29, 0.717) is 18.1 Å². The first-order valence-corrected chi connectivity index (χ1v) is 10.1. The van der Waals surface area contributed by atoms with Gasteiger partial charge in [0.15, 0.2) is 18.1 Å². The third-order valence-corrected chi connectivity index (χ3v) is 5.34. The number of piperazine rings is 1. The molecule has 0 spiro atoms. The summed E-state index contributed by atoms with van der Waals surface area (Å²) in [4.78, 5) is 24.9. The molecule has 160 valence electrons. The number of rotatable bonds is 7. The van der Waals surface area contributed by atoms with Crippen LogP contribution in [0.25, 0.3) is 0 Å². The van der Waals surface area contributed by atoms with E-state index in [9.17, 15) is 4.79 Å². The van der Waals surface area contributed by atoms with Crippen LogP contribution in [0.5, 0.6) is 11.5 Å². The van der Waals surface area contributed by atoms with Gasteiger partial charge >= 0.3 is 0 Å². The van der Waals surface area contributed by atoms with Crippen LogP contribution in [0.4, 0.5) is 5.95 Å². The molecule has 0 aliphatic carbocycles. The Morgan fingerprint density at radius 3 is 2.83 bits per heavy atom. The minimum atomic E-state index is -0.518. The highest BCUT2D eigenvalue weighted by Gasteiger charge is 2.21. The van der Waals surface area contributed by atoms with Crippen LogP contribution in [0.1, 0.15) is 16.8 Å². The fourth-order valence-corrected chi connectivity index (χ4v) is 3.71. The van der Waals surface area contributed by atoms with Gasteiger partial charge in [-0.15, -0.1) is 0 Å². The summed E-state index contributed by atoms with van der Waals surface area (Å²) in [6.07, 6.45) is 2.75. The van der Waals surface area contributed by atoms with E-state index in [1.54, 1.807) is 7.11 Å². The molecule has 2 aliphatic heterocycles. The van der Waals surface area contributed by atoms with Crippen molar-refractivity contribution >= 4 is 11.9 Å². The second-order valence-corrected chi connectivity index (χ2v) is 7.45. The number of fused-ring (bicyclic) bond motifs is 1. The van der Waals surface area contributed by atoms with Gasteiger partial charge in [-0.3, -0.25) is 9.69 Å². The fraction of sp³-hybridized carbons (Fsp3) is 0.476. The van der Waals surface area contributed by atoms with Gasteiger partial charge in [0.05, 0.1) is 26.0 Å². The predicted octanol–water partition coefficient (Wildman–Crippen LogP) is 0.744. The number of hydrogen-bond acceptors (Lipinski definition) is 8. The van der Waals surface area contributed by atoms with Gasteiger partial charge in [-0.25, -0.2) is 9.97 Å². The lowest BCUT2D eigenvalue weighted by atomic mass is 10.1. The van der Waals surface area contributed by atoms with Gasteiger partial charge < -0.3 is 24.8 Å². The summed E-state index contributed by atoms with van der Waals surface area (Å²) in [7, 11) is 1.58. The molecule has 2 N–H and O–H groups in total. The first-order chi connectivity index (χ1) is 14.6. The number of benzene rings is 1. The third kappa shape index (κ3) is 4.80. The quantitative estimate of drug-likeness (QED) is 0.709. The number of hydrogen-bond donors (Lipinski definition) is 1. The van der Waals surface area contributed by atoms with Crippen LogP contribution in [0.2, 0.25) is 0 Å². The van der Waals surface area contributed by atoms with Gasteiger partial charge in [0.2, 0.25) is 5.95 Å². The molecule has 2 aromatic rings. The smallest absolute Gasteiger partial charge is 0.255 e. The highest BCUT2D eigenvalue weighted by Crippen LogP contribution is 2.29. The Morgan fingerprint density at radius 1 is 1.23 bits per heavy atom. The van der Waals surface area contributed by atoms with E-state index in [1.807, 2.05) is 24.4 Å². The maximum absolute atomic E-state index is 10.9. The summed E-state index contributed by atoms with van der Waals surface area (Å²) >= 11 is 0. The number of methoxy groups -OCH3 is 1. The van der Waals surface area contributed by atoms with Crippen molar-refractivity contribution < 1.29 is 19.0 Å². The molecule has 9 nitrogen and oxygen atoms in total. The molecule has 3 heterocycles. The molecule has 1 aromatic heterocycles. The molecule has 0 bridgehead atoms. The Kier molecular flexibility index (Phi) is 6.29. The Hall–Kier alpha value is -2.91. The van der Waals surface area contributed by atoms with Crippen LogP contribution in [0.3, 0.4) is 0 Å². The Bertz CT molecular complexity index is 899. The first kappa shape index (κ1) is 20.4. The van der Waals surface area contributed by atoms with Gasteiger partial charge in [0, 0.05) is 50.9 Å². The van der Waals surface area contributed by atoms with E-state index in [2.05, 4.69) is 14.8 Å². The highest BCUT2D eigenvalue weighted by molar-refractivity contribution is 5.75. The zero-order valence-corrected chi connectivity index (χ0v) is 17.2. The third-order valence-electron chi connectivity index (χ3n) is 5.34. The maximum atomic E-state index is 10.9. The van der Waals surface area contributed by atoms with E-state index in [4.69, 9.17) is 24.9 Å². The molecule has 2 aliphatic rings. The molecule has 1 saturated heterocycles. The van der Waals surface area contributed by atoms with Crippen molar-refractivity contribution in [3.63, 3.8) is 0 Å². The van der Waals surface area contributed by atoms with Gasteiger partial charge in [-0.2, -0.15) is 0 Å². The number of anilines is 1. The van der Waals surface area contributed by atoms with Crippen molar-refractivity contribution in [3.05, 3.63) is 41.2 Å². The standard InChI is InChI=1S/C21H27N5O4/c1-28-19-10-15(2-3-18(19)30-14-20(22)27)12-25-5-7-26(8-6-25)21-23-11-16-13-29-9-4-17(16)24-21/h2-3,10-11H,4-9,12-14H2,1H3,(H2,22,27). The number of nitrogens with two attached hydrogens (primary N) is 1. The maximum Gasteiger partial charge on any atom is 0.255 e. The van der Waals surface area contributed by atoms with Crippen LogP contribution in [0, 0.1) is 0 Å². The highest BCUT2D eigenvalue weighted by atomic mass is 16.5. The average molecular weight is 413 g/mol. The van der Waals surface area contributed by atoms with Crippen LogP contribution in [-0.4, -0.2) is 67.3 Å². The van der Waals surface area contributed by atoms with Crippen molar-refractivity contribution in [2.45, 2.75) is 19.6 Å². The lowest BCUT2D eigenvalue weighted by Crippen LogP contribution is -2.46. The number of nitrogens with zero attached hydrogens (tertiary/aromatic N) is 4. The SMILES string of the molecule is COc1cc(CN2CCN(c3ncc4c(n3)CCOC4)CC2)ccc1OCC(N)=O. The second-order valence-electron chi connectivity index (χ2n) is 7.45. The summed E-state index contributed by atoms with van der Waals surface area (Å²) in [6, 6.07) is 5.75. The molecule has 9 heteroatoms. The molecule has 0 atom stereocenters. The molecule has 30 heavy (non-hydrogen) atoms. The van der Waals surface area contributed by atoms with E-state index >= 15 is 0 Å². The van der Waals surface area contributed by atoms with Gasteiger partial charge in [0.1, 0.15) is 0 Å². The number of ether oxygens (including phenoxy) is 3. The minimum absolute atomic E-state index is 0.171. The van der Waals surface area contributed by atoms with Crippen molar-refractivity contribution in [1.82, 2.24) is 14.9 Å². The molecular weight excluding hydrogens is 386 g/mol. The van der Waals surface area contributed by atoms with Crippen molar-refractivity contribution in [3.8, 4) is 11.5 Å². The lowest BCUT2D eigenvalue weighted by Gasteiger charge is -2.35. The topological polar surface area (TPSA) is 103 Å². The summed E-state index contributed by atoms with van der Waals surface area (Å²) in [5, 5.41) is 0. The number of carbonyl (C=O) groups excluding carboxylic acids is 1. The normalized spacial score (nSPS) is 16.8. The molecule has 4 rings (SSSR count). The Morgan fingerprint density at radius 2 is 2.07 bits per heavy atom. The number of amides is 1. The monoisotopic (exact) mass is 413 g/mol. The molecule has 1 amide bonds. The largest absolute Gasteiger partial charge is 0.493 e. The molecule has 0 unspecified atom stereocenters. The van der Waals surface area contributed by atoms with E-state index in [0.717, 1.165) is 68.5 Å². The van der Waals surface area contributed by atoms with Gasteiger partial charge in [0.25, 0.3) is 5.91 Å². The van der Waals surface area contributed by atoms with E-state index in [-0.39, 0.29) is 6.61 Å². The zero-order chi connectivity index (χ0) is 20.9. The summed E-state index contributed by atoms with van der Waals surface area (Å²) in [5.74, 6) is 1.40. The Balaban J connectivity index is 1.34. The number of aromatic nitrogens is 2. The summed E-state index contributed by atoms with van der Waals surface area (Å²) in [5.41, 5.74) is 8.47. The number of primary amides is 1. The van der Waals surface area contributed by atoms with Crippen LogP contribution in [-0.2, 0) is 29.1 Å². The van der Waals surface area contributed by atoms with Gasteiger partial charge in [-0.1, -0.05) is 6.07 Å². The van der Waals surface area contributed by atoms with Gasteiger partial charge in [-0.05, 0) is 17.7 Å². The summed E-state index contributed by atoms with van der Waals surface area (Å²) < 4.78 is 16.3.